The average Bonchev–Trinajstić information content (AvgIpc) is 2.04. The molecule has 2 nitrogen and oxygen atoms in total. The molecule has 0 aromatic carbocycles. The van der Waals surface area contributed by atoms with E-state index in [1.807, 2.05) is 0 Å². The van der Waals surface area contributed by atoms with Gasteiger partial charge in [0.25, 0.3) is 0 Å². The van der Waals surface area contributed by atoms with E-state index in [0.717, 1.165) is 25.6 Å². The predicted molar refractivity (Wildman–Crippen MR) is 40.0 cm³/mol. The molecule has 0 bridgehead atoms. The second kappa shape index (κ2) is 2.21. The van der Waals surface area contributed by atoms with E-state index in [2.05, 4.69) is 12.2 Å². The van der Waals surface area contributed by atoms with Gasteiger partial charge in [0.2, 0.25) is 0 Å². The summed E-state index contributed by atoms with van der Waals surface area (Å²) in [5, 5.41) is 3.38. The first-order valence-electron chi connectivity index (χ1n) is 4.18. The molecule has 0 amide bonds. The normalized spacial score (nSPS) is 47.1. The van der Waals surface area contributed by atoms with Crippen LogP contribution in [0.15, 0.2) is 0 Å². The highest BCUT2D eigenvalue weighted by molar-refractivity contribution is 4.98. The minimum atomic E-state index is 0.248. The number of ether oxygens (including phenoxy) is 1. The van der Waals surface area contributed by atoms with Gasteiger partial charge in [0.05, 0.1) is 12.2 Å². The summed E-state index contributed by atoms with van der Waals surface area (Å²) in [6.45, 7) is 5.31. The van der Waals surface area contributed by atoms with Crippen LogP contribution in [0.2, 0.25) is 0 Å². The smallest absolute Gasteiger partial charge is 0.0832 e. The number of rotatable bonds is 0. The van der Waals surface area contributed by atoms with Crippen LogP contribution in [0.5, 0.6) is 0 Å². The Morgan fingerprint density at radius 2 is 2.50 bits per heavy atom. The molecule has 1 saturated carbocycles. The lowest BCUT2D eigenvalue weighted by molar-refractivity contribution is -0.153. The van der Waals surface area contributed by atoms with Crippen LogP contribution in [0.4, 0.5) is 0 Å². The Kier molecular flexibility index (Phi) is 1.46. The van der Waals surface area contributed by atoms with Crippen molar-refractivity contribution in [3.05, 3.63) is 0 Å². The molecule has 2 heteroatoms. The standard InChI is InChI=1S/C8H15NO/c1-7-2-3-8(7)6-9-4-5-10-8/h7,9H,2-6H2,1H3. The maximum Gasteiger partial charge on any atom is 0.0832 e. The SMILES string of the molecule is CC1CCC12CNCCO2. The highest BCUT2D eigenvalue weighted by Crippen LogP contribution is 2.41. The molecule has 1 saturated heterocycles. The first kappa shape index (κ1) is 6.62. The fourth-order valence-corrected chi connectivity index (χ4v) is 1.91. The lowest BCUT2D eigenvalue weighted by Crippen LogP contribution is -2.59. The maximum atomic E-state index is 5.75. The molecule has 10 heavy (non-hydrogen) atoms. The molecule has 0 radical (unpaired) electrons. The number of nitrogens with one attached hydrogen (secondary N) is 1. The molecule has 1 aliphatic carbocycles. The van der Waals surface area contributed by atoms with E-state index in [9.17, 15) is 0 Å². The monoisotopic (exact) mass is 141 g/mol. The summed E-state index contributed by atoms with van der Waals surface area (Å²) in [6.07, 6.45) is 2.61. The Hall–Kier alpha value is -0.0800. The zero-order valence-electron chi connectivity index (χ0n) is 6.52. The average molecular weight is 141 g/mol. The molecule has 2 aliphatic rings. The van der Waals surface area contributed by atoms with Crippen LogP contribution < -0.4 is 5.32 Å². The highest BCUT2D eigenvalue weighted by atomic mass is 16.5. The van der Waals surface area contributed by atoms with Crippen LogP contribution in [-0.2, 0) is 4.74 Å². The number of hydrogen-bond acceptors (Lipinski definition) is 2. The maximum absolute atomic E-state index is 5.75. The zero-order chi connectivity index (χ0) is 7.03. The summed E-state index contributed by atoms with van der Waals surface area (Å²) in [7, 11) is 0. The minimum absolute atomic E-state index is 0.248. The van der Waals surface area contributed by atoms with Crippen molar-refractivity contribution in [1.29, 1.82) is 0 Å². The van der Waals surface area contributed by atoms with Gasteiger partial charge in [-0.15, -0.1) is 0 Å². The lowest BCUT2D eigenvalue weighted by Gasteiger charge is -2.50. The highest BCUT2D eigenvalue weighted by Gasteiger charge is 2.45. The number of hydrogen-bond donors (Lipinski definition) is 1. The van der Waals surface area contributed by atoms with Gasteiger partial charge in [-0.25, -0.2) is 0 Å². The molecule has 2 atom stereocenters. The fraction of sp³-hybridized carbons (Fsp3) is 1.00. The van der Waals surface area contributed by atoms with Crippen LogP contribution in [0.3, 0.4) is 0 Å². The Morgan fingerprint density at radius 3 is 2.80 bits per heavy atom. The van der Waals surface area contributed by atoms with Gasteiger partial charge < -0.3 is 10.1 Å². The topological polar surface area (TPSA) is 21.3 Å². The summed E-state index contributed by atoms with van der Waals surface area (Å²) in [5.74, 6) is 0.778. The van der Waals surface area contributed by atoms with Crippen molar-refractivity contribution in [3.8, 4) is 0 Å². The quantitative estimate of drug-likeness (QED) is 0.538. The van der Waals surface area contributed by atoms with Gasteiger partial charge in [-0.2, -0.15) is 0 Å². The first-order valence-corrected chi connectivity index (χ1v) is 4.18. The molecule has 0 aromatic rings. The van der Waals surface area contributed by atoms with Crippen molar-refractivity contribution >= 4 is 0 Å². The van der Waals surface area contributed by atoms with Gasteiger partial charge in [0.15, 0.2) is 0 Å². The third-order valence-corrected chi connectivity index (χ3v) is 2.99. The molecule has 1 N–H and O–H groups in total. The van der Waals surface area contributed by atoms with Crippen LogP contribution in [0.25, 0.3) is 0 Å². The second-order valence-corrected chi connectivity index (χ2v) is 3.53. The van der Waals surface area contributed by atoms with E-state index in [1.54, 1.807) is 0 Å². The summed E-state index contributed by atoms with van der Waals surface area (Å²) < 4.78 is 5.75. The van der Waals surface area contributed by atoms with Gasteiger partial charge in [0.1, 0.15) is 0 Å². The van der Waals surface area contributed by atoms with Gasteiger partial charge in [0, 0.05) is 13.1 Å². The van der Waals surface area contributed by atoms with Crippen LogP contribution in [0.1, 0.15) is 19.8 Å². The summed E-state index contributed by atoms with van der Waals surface area (Å²) in [6, 6.07) is 0. The zero-order valence-corrected chi connectivity index (χ0v) is 6.52. The molecule has 1 spiro atoms. The molecule has 2 unspecified atom stereocenters. The van der Waals surface area contributed by atoms with Gasteiger partial charge in [-0.3, -0.25) is 0 Å². The molecule has 0 aromatic heterocycles. The summed E-state index contributed by atoms with van der Waals surface area (Å²) >= 11 is 0. The van der Waals surface area contributed by atoms with E-state index in [-0.39, 0.29) is 5.60 Å². The third kappa shape index (κ3) is 0.789. The van der Waals surface area contributed by atoms with Crippen molar-refractivity contribution < 1.29 is 4.74 Å². The van der Waals surface area contributed by atoms with Gasteiger partial charge in [-0.1, -0.05) is 6.92 Å². The Morgan fingerprint density at radius 1 is 1.60 bits per heavy atom. The van der Waals surface area contributed by atoms with Crippen LogP contribution in [0, 0.1) is 5.92 Å². The summed E-state index contributed by atoms with van der Waals surface area (Å²) in [5.41, 5.74) is 0.248. The van der Waals surface area contributed by atoms with E-state index in [1.165, 1.54) is 12.8 Å². The van der Waals surface area contributed by atoms with Crippen molar-refractivity contribution in [2.75, 3.05) is 19.7 Å². The van der Waals surface area contributed by atoms with Crippen molar-refractivity contribution in [2.45, 2.75) is 25.4 Å². The first-order chi connectivity index (χ1) is 4.83. The van der Waals surface area contributed by atoms with E-state index >= 15 is 0 Å². The van der Waals surface area contributed by atoms with E-state index in [4.69, 9.17) is 4.74 Å². The van der Waals surface area contributed by atoms with Crippen LogP contribution >= 0.6 is 0 Å². The third-order valence-electron chi connectivity index (χ3n) is 2.99. The Balaban J connectivity index is 1.99. The second-order valence-electron chi connectivity index (χ2n) is 3.53. The van der Waals surface area contributed by atoms with E-state index in [0.29, 0.717) is 0 Å². The molecular weight excluding hydrogens is 126 g/mol. The van der Waals surface area contributed by atoms with Crippen LogP contribution in [-0.4, -0.2) is 25.3 Å². The van der Waals surface area contributed by atoms with Crippen molar-refractivity contribution in [1.82, 2.24) is 5.32 Å². The predicted octanol–water partition coefficient (Wildman–Crippen LogP) is 0.775. The van der Waals surface area contributed by atoms with E-state index < -0.39 is 0 Å². The molecule has 1 aliphatic heterocycles. The fourth-order valence-electron chi connectivity index (χ4n) is 1.91. The van der Waals surface area contributed by atoms with Gasteiger partial charge in [-0.05, 0) is 18.8 Å². The minimum Gasteiger partial charge on any atom is -0.372 e. The molecular formula is C8H15NO. The van der Waals surface area contributed by atoms with Gasteiger partial charge >= 0.3 is 0 Å². The van der Waals surface area contributed by atoms with Crippen molar-refractivity contribution in [3.63, 3.8) is 0 Å². The molecule has 1 heterocycles. The van der Waals surface area contributed by atoms with Crippen molar-refractivity contribution in [2.24, 2.45) is 5.92 Å². The Labute approximate surface area is 61.9 Å². The lowest BCUT2D eigenvalue weighted by atomic mass is 9.70. The molecule has 58 valence electrons. The Bertz CT molecular complexity index is 129. The summed E-state index contributed by atoms with van der Waals surface area (Å²) in [4.78, 5) is 0. The number of morpholine rings is 1. The molecule has 2 rings (SSSR count). The largest absolute Gasteiger partial charge is 0.372 e. The molecule has 2 fully saturated rings.